The number of carbonyl (C=O) groups excluding carboxylic acids is 1. The van der Waals surface area contributed by atoms with E-state index in [0.717, 1.165) is 20.9 Å². The van der Waals surface area contributed by atoms with E-state index in [0.29, 0.717) is 27.1 Å². The van der Waals surface area contributed by atoms with E-state index in [9.17, 15) is 4.79 Å². The number of hydrogen-bond donors (Lipinski definition) is 1. The summed E-state index contributed by atoms with van der Waals surface area (Å²) in [5, 5.41) is 5.75. The molecule has 0 radical (unpaired) electrons. The number of rotatable bonds is 4. The van der Waals surface area contributed by atoms with Crippen molar-refractivity contribution in [1.29, 1.82) is 0 Å². The zero-order valence-electron chi connectivity index (χ0n) is 15.3. The zero-order chi connectivity index (χ0) is 21.1. The second kappa shape index (κ2) is 8.92. The predicted octanol–water partition coefficient (Wildman–Crippen LogP) is 6.13. The molecule has 1 heterocycles. The number of carbonyl (C=O) groups is 1. The molecule has 0 saturated carbocycles. The molecule has 0 aliphatic rings. The van der Waals surface area contributed by atoms with E-state index in [4.69, 9.17) is 23.2 Å². The molecule has 1 N–H and O–H groups in total. The Labute approximate surface area is 190 Å². The van der Waals surface area contributed by atoms with Crippen molar-refractivity contribution in [3.05, 3.63) is 92.6 Å². The number of benzene rings is 3. The lowest BCUT2D eigenvalue weighted by molar-refractivity contribution is 0.0955. The minimum atomic E-state index is -0.423. The van der Waals surface area contributed by atoms with Gasteiger partial charge in [-0.3, -0.25) is 4.79 Å². The standard InChI is InChI=1S/C22H13BrCl2N4O/c23-13-9-10-19-16(11-13)21(14-5-1-3-7-17(14)24)28-20(27-19)12-26-29-22(30)15-6-2-4-8-18(15)25/h1-12H,(H,29,30)/b26-12+. The van der Waals surface area contributed by atoms with Crippen LogP contribution in [0.15, 0.2) is 76.3 Å². The Hall–Kier alpha value is -2.80. The van der Waals surface area contributed by atoms with Crippen LogP contribution >= 0.6 is 39.1 Å². The van der Waals surface area contributed by atoms with Gasteiger partial charge in [-0.05, 0) is 36.4 Å². The topological polar surface area (TPSA) is 67.2 Å². The molecule has 0 unspecified atom stereocenters. The van der Waals surface area contributed by atoms with Gasteiger partial charge in [0, 0.05) is 20.4 Å². The molecule has 0 fully saturated rings. The Bertz CT molecular complexity index is 1290. The van der Waals surface area contributed by atoms with Crippen LogP contribution in [0.3, 0.4) is 0 Å². The van der Waals surface area contributed by atoms with E-state index in [-0.39, 0.29) is 0 Å². The van der Waals surface area contributed by atoms with Crippen molar-refractivity contribution in [1.82, 2.24) is 15.4 Å². The Morgan fingerprint density at radius 3 is 2.47 bits per heavy atom. The van der Waals surface area contributed by atoms with Gasteiger partial charge in [0.05, 0.1) is 28.0 Å². The number of nitrogens with zero attached hydrogens (tertiary/aromatic N) is 3. The Morgan fingerprint density at radius 1 is 0.967 bits per heavy atom. The van der Waals surface area contributed by atoms with Crippen LogP contribution in [0.1, 0.15) is 16.2 Å². The van der Waals surface area contributed by atoms with Gasteiger partial charge in [-0.1, -0.05) is 69.5 Å². The minimum Gasteiger partial charge on any atom is -0.267 e. The van der Waals surface area contributed by atoms with Crippen molar-refractivity contribution in [2.45, 2.75) is 0 Å². The van der Waals surface area contributed by atoms with E-state index in [1.165, 1.54) is 6.21 Å². The van der Waals surface area contributed by atoms with Crippen molar-refractivity contribution in [2.75, 3.05) is 0 Å². The van der Waals surface area contributed by atoms with Crippen molar-refractivity contribution >= 4 is 62.2 Å². The SMILES string of the molecule is O=C(N/N=C/c1nc(-c2ccccc2Cl)c2cc(Br)ccc2n1)c1ccccc1Cl. The van der Waals surface area contributed by atoms with Gasteiger partial charge in [0.25, 0.3) is 5.91 Å². The van der Waals surface area contributed by atoms with Crippen molar-refractivity contribution in [3.63, 3.8) is 0 Å². The average molecular weight is 500 g/mol. The summed E-state index contributed by atoms with van der Waals surface area (Å²) in [6.45, 7) is 0. The van der Waals surface area contributed by atoms with Gasteiger partial charge < -0.3 is 0 Å². The molecule has 4 aromatic rings. The summed E-state index contributed by atoms with van der Waals surface area (Å²) < 4.78 is 0.903. The summed E-state index contributed by atoms with van der Waals surface area (Å²) >= 11 is 15.9. The third-order valence-electron chi connectivity index (χ3n) is 4.27. The van der Waals surface area contributed by atoms with Crippen molar-refractivity contribution < 1.29 is 4.79 Å². The molecule has 8 heteroatoms. The maximum atomic E-state index is 12.3. The number of hydrazone groups is 1. The highest BCUT2D eigenvalue weighted by Crippen LogP contribution is 2.32. The lowest BCUT2D eigenvalue weighted by Crippen LogP contribution is -2.18. The molecule has 0 atom stereocenters. The summed E-state index contributed by atoms with van der Waals surface area (Å²) in [4.78, 5) is 21.4. The van der Waals surface area contributed by atoms with E-state index >= 15 is 0 Å². The van der Waals surface area contributed by atoms with Crippen LogP contribution < -0.4 is 5.43 Å². The lowest BCUT2D eigenvalue weighted by Gasteiger charge is -2.09. The number of fused-ring (bicyclic) bond motifs is 1. The van der Waals surface area contributed by atoms with Gasteiger partial charge >= 0.3 is 0 Å². The van der Waals surface area contributed by atoms with Gasteiger partial charge in [-0.2, -0.15) is 5.10 Å². The normalized spacial score (nSPS) is 11.2. The molecular formula is C22H13BrCl2N4O. The Kier molecular flexibility index (Phi) is 6.08. The maximum absolute atomic E-state index is 12.3. The quantitative estimate of drug-likeness (QED) is 0.271. The fourth-order valence-electron chi connectivity index (χ4n) is 2.89. The summed E-state index contributed by atoms with van der Waals surface area (Å²) in [6, 6.07) is 19.9. The number of amides is 1. The molecule has 0 bridgehead atoms. The summed E-state index contributed by atoms with van der Waals surface area (Å²) in [6.07, 6.45) is 1.39. The second-order valence-electron chi connectivity index (χ2n) is 6.25. The van der Waals surface area contributed by atoms with Gasteiger partial charge in [0.1, 0.15) is 0 Å². The molecule has 30 heavy (non-hydrogen) atoms. The molecule has 0 spiro atoms. The molecule has 4 rings (SSSR count). The third-order valence-corrected chi connectivity index (χ3v) is 5.42. The van der Waals surface area contributed by atoms with Crippen LogP contribution in [-0.2, 0) is 0 Å². The molecule has 0 aliphatic heterocycles. The van der Waals surface area contributed by atoms with E-state index in [1.54, 1.807) is 30.3 Å². The molecule has 0 aliphatic carbocycles. The monoisotopic (exact) mass is 498 g/mol. The van der Waals surface area contributed by atoms with Crippen LogP contribution in [0.4, 0.5) is 0 Å². The first kappa shape index (κ1) is 20.5. The molecular weight excluding hydrogens is 487 g/mol. The highest BCUT2D eigenvalue weighted by Gasteiger charge is 2.13. The van der Waals surface area contributed by atoms with Crippen LogP contribution in [0, 0.1) is 0 Å². The number of hydrogen-bond acceptors (Lipinski definition) is 4. The fourth-order valence-corrected chi connectivity index (χ4v) is 3.70. The third kappa shape index (κ3) is 4.36. The van der Waals surface area contributed by atoms with E-state index < -0.39 is 5.91 Å². The van der Waals surface area contributed by atoms with Gasteiger partial charge in [0.2, 0.25) is 0 Å². The van der Waals surface area contributed by atoms with Crippen LogP contribution in [-0.4, -0.2) is 22.1 Å². The predicted molar refractivity (Wildman–Crippen MR) is 124 cm³/mol. The van der Waals surface area contributed by atoms with Crippen molar-refractivity contribution in [3.8, 4) is 11.3 Å². The van der Waals surface area contributed by atoms with Crippen LogP contribution in [0.2, 0.25) is 10.0 Å². The van der Waals surface area contributed by atoms with Gasteiger partial charge in [-0.25, -0.2) is 15.4 Å². The molecule has 0 saturated heterocycles. The molecule has 1 aromatic heterocycles. The number of halogens is 3. The Balaban J connectivity index is 1.71. The Morgan fingerprint density at radius 2 is 1.70 bits per heavy atom. The van der Waals surface area contributed by atoms with Gasteiger partial charge in [0.15, 0.2) is 5.82 Å². The highest BCUT2D eigenvalue weighted by molar-refractivity contribution is 9.10. The molecule has 1 amide bonds. The highest BCUT2D eigenvalue weighted by atomic mass is 79.9. The zero-order valence-corrected chi connectivity index (χ0v) is 18.4. The van der Waals surface area contributed by atoms with Crippen molar-refractivity contribution in [2.24, 2.45) is 5.10 Å². The lowest BCUT2D eigenvalue weighted by atomic mass is 10.1. The van der Waals surface area contributed by atoms with E-state index in [1.807, 2.05) is 36.4 Å². The number of nitrogens with one attached hydrogen (secondary N) is 1. The first-order chi connectivity index (χ1) is 14.5. The fraction of sp³-hybridized carbons (Fsp3) is 0. The number of aromatic nitrogens is 2. The van der Waals surface area contributed by atoms with E-state index in [2.05, 4.69) is 36.4 Å². The molecule has 3 aromatic carbocycles. The summed E-state index contributed by atoms with van der Waals surface area (Å²) in [5.41, 5.74) is 4.95. The summed E-state index contributed by atoms with van der Waals surface area (Å²) in [5.74, 6) is -0.0907. The molecule has 5 nitrogen and oxygen atoms in total. The average Bonchev–Trinajstić information content (AvgIpc) is 2.74. The summed E-state index contributed by atoms with van der Waals surface area (Å²) in [7, 11) is 0. The van der Waals surface area contributed by atoms with Crippen LogP contribution in [0.25, 0.3) is 22.2 Å². The minimum absolute atomic E-state index is 0.331. The first-order valence-electron chi connectivity index (χ1n) is 8.83. The van der Waals surface area contributed by atoms with Gasteiger partial charge in [-0.15, -0.1) is 0 Å². The molecule has 148 valence electrons. The smallest absolute Gasteiger partial charge is 0.267 e. The second-order valence-corrected chi connectivity index (χ2v) is 7.98. The van der Waals surface area contributed by atoms with Crippen LogP contribution in [0.5, 0.6) is 0 Å². The first-order valence-corrected chi connectivity index (χ1v) is 10.4. The largest absolute Gasteiger partial charge is 0.272 e. The maximum Gasteiger partial charge on any atom is 0.272 e.